The third kappa shape index (κ3) is 6.54. The largest absolute Gasteiger partial charge is 0.497 e. The van der Waals surface area contributed by atoms with Gasteiger partial charge in [-0.25, -0.2) is 9.59 Å². The van der Waals surface area contributed by atoms with Crippen molar-refractivity contribution in [3.8, 4) is 5.75 Å². The minimum absolute atomic E-state index is 0.0269. The van der Waals surface area contributed by atoms with Gasteiger partial charge in [-0.3, -0.25) is 14.6 Å². The first-order valence-electron chi connectivity index (χ1n) is 13.3. The third-order valence-corrected chi connectivity index (χ3v) is 7.29. The highest BCUT2D eigenvalue weighted by Crippen LogP contribution is 2.33. The molecule has 0 aliphatic carbocycles. The van der Waals surface area contributed by atoms with Gasteiger partial charge in [-0.2, -0.15) is 0 Å². The summed E-state index contributed by atoms with van der Waals surface area (Å²) < 4.78 is 10.7. The maximum atomic E-state index is 13.3. The summed E-state index contributed by atoms with van der Waals surface area (Å²) in [7, 11) is 1.59. The number of amides is 3. The van der Waals surface area contributed by atoms with Crippen LogP contribution in [0.4, 0.5) is 4.79 Å². The van der Waals surface area contributed by atoms with E-state index in [4.69, 9.17) is 21.1 Å². The molecule has 39 heavy (non-hydrogen) atoms. The highest BCUT2D eigenvalue weighted by Gasteiger charge is 2.38. The fourth-order valence-corrected chi connectivity index (χ4v) is 5.15. The summed E-state index contributed by atoms with van der Waals surface area (Å²) in [6.45, 7) is 7.11. The van der Waals surface area contributed by atoms with Crippen molar-refractivity contribution in [1.29, 1.82) is 0 Å². The number of benzene rings is 2. The normalized spacial score (nSPS) is 18.5. The molecular formula is C29H35ClN4O5. The number of esters is 1. The molecule has 0 saturated carbocycles. The Kier molecular flexibility index (Phi) is 9.48. The molecule has 3 amide bonds. The Labute approximate surface area is 234 Å². The van der Waals surface area contributed by atoms with Crippen LogP contribution in [0.15, 0.2) is 59.8 Å². The second-order valence-corrected chi connectivity index (χ2v) is 9.85. The van der Waals surface area contributed by atoms with Crippen LogP contribution in [-0.4, -0.2) is 85.6 Å². The molecule has 10 heteroatoms. The Hall–Kier alpha value is -3.56. The molecule has 1 unspecified atom stereocenters. The number of carbonyl (C=O) groups is 3. The van der Waals surface area contributed by atoms with Crippen LogP contribution in [-0.2, 0) is 9.53 Å². The van der Waals surface area contributed by atoms with Gasteiger partial charge in [-0.1, -0.05) is 23.7 Å². The molecule has 2 aliphatic rings. The molecule has 1 N–H and O–H groups in total. The summed E-state index contributed by atoms with van der Waals surface area (Å²) in [6.07, 6.45) is 0.767. The van der Waals surface area contributed by atoms with Crippen LogP contribution >= 0.6 is 11.6 Å². The van der Waals surface area contributed by atoms with Crippen molar-refractivity contribution >= 4 is 29.5 Å². The predicted molar refractivity (Wildman–Crippen MR) is 149 cm³/mol. The van der Waals surface area contributed by atoms with Crippen molar-refractivity contribution in [3.05, 3.63) is 76.0 Å². The molecule has 2 aliphatic heterocycles. The molecule has 2 heterocycles. The maximum absolute atomic E-state index is 13.3. The average Bonchev–Trinajstić information content (AvgIpc) is 3.18. The zero-order valence-corrected chi connectivity index (χ0v) is 23.4. The van der Waals surface area contributed by atoms with E-state index in [2.05, 4.69) is 10.2 Å². The summed E-state index contributed by atoms with van der Waals surface area (Å²) >= 11 is 6.09. The average molecular weight is 555 g/mol. The van der Waals surface area contributed by atoms with Crippen molar-refractivity contribution in [2.45, 2.75) is 26.3 Å². The fraction of sp³-hybridized carbons (Fsp3) is 0.414. The van der Waals surface area contributed by atoms with Gasteiger partial charge in [0.15, 0.2) is 0 Å². The Morgan fingerprint density at radius 3 is 2.36 bits per heavy atom. The molecule has 0 radical (unpaired) electrons. The van der Waals surface area contributed by atoms with E-state index < -0.39 is 12.0 Å². The number of halogens is 1. The highest BCUT2D eigenvalue weighted by atomic mass is 35.5. The minimum Gasteiger partial charge on any atom is -0.497 e. The quantitative estimate of drug-likeness (QED) is 0.494. The first-order valence-corrected chi connectivity index (χ1v) is 13.6. The molecule has 9 nitrogen and oxygen atoms in total. The van der Waals surface area contributed by atoms with Crippen molar-refractivity contribution in [1.82, 2.24) is 20.0 Å². The molecule has 0 bridgehead atoms. The molecule has 1 atom stereocenters. The summed E-state index contributed by atoms with van der Waals surface area (Å²) in [5.41, 5.74) is 2.39. The van der Waals surface area contributed by atoms with Gasteiger partial charge in [0.25, 0.3) is 5.91 Å². The van der Waals surface area contributed by atoms with E-state index in [0.717, 1.165) is 18.5 Å². The van der Waals surface area contributed by atoms with Gasteiger partial charge in [-0.05, 0) is 62.2 Å². The van der Waals surface area contributed by atoms with Crippen LogP contribution in [0.5, 0.6) is 5.75 Å². The molecular weight excluding hydrogens is 520 g/mol. The van der Waals surface area contributed by atoms with Crippen LogP contribution < -0.4 is 10.1 Å². The molecule has 1 fully saturated rings. The number of methoxy groups -OCH3 is 1. The van der Waals surface area contributed by atoms with Gasteiger partial charge in [0.1, 0.15) is 5.75 Å². The number of rotatable bonds is 8. The fourth-order valence-electron chi connectivity index (χ4n) is 5.02. The van der Waals surface area contributed by atoms with E-state index in [1.165, 1.54) is 0 Å². The first-order chi connectivity index (χ1) is 18.9. The third-order valence-electron chi connectivity index (χ3n) is 7.04. The van der Waals surface area contributed by atoms with E-state index >= 15 is 0 Å². The molecule has 2 aromatic rings. The minimum atomic E-state index is -0.660. The molecule has 2 aromatic carbocycles. The predicted octanol–water partition coefficient (Wildman–Crippen LogP) is 4.10. The van der Waals surface area contributed by atoms with Crippen LogP contribution in [0.3, 0.4) is 0 Å². The van der Waals surface area contributed by atoms with Crippen molar-refractivity contribution < 1.29 is 23.9 Å². The summed E-state index contributed by atoms with van der Waals surface area (Å²) in [5.74, 6) is 0.214. The van der Waals surface area contributed by atoms with Crippen LogP contribution in [0.25, 0.3) is 0 Å². The van der Waals surface area contributed by atoms with Crippen molar-refractivity contribution in [2.24, 2.45) is 0 Å². The standard InChI is InChI=1S/C29H35ClN4O5/c1-4-34-24(25(28(36)39-5-2)26(31-29(34)37)20-7-11-22(30)12-8-20)19-32-15-6-16-33(18-17-32)27(35)21-9-13-23(38-3)14-10-21/h7-14,26H,4-6,15-19H2,1-3H3,(H,31,37). The lowest BCUT2D eigenvalue weighted by molar-refractivity contribution is -0.139. The van der Waals surface area contributed by atoms with Crippen molar-refractivity contribution in [2.75, 3.05) is 53.0 Å². The second-order valence-electron chi connectivity index (χ2n) is 9.41. The zero-order valence-electron chi connectivity index (χ0n) is 22.6. The Bertz CT molecular complexity index is 1220. The van der Waals surface area contributed by atoms with Gasteiger partial charge < -0.3 is 19.7 Å². The van der Waals surface area contributed by atoms with Gasteiger partial charge in [0, 0.05) is 55.6 Å². The summed E-state index contributed by atoms with van der Waals surface area (Å²) in [4.78, 5) is 45.3. The van der Waals surface area contributed by atoms with E-state index in [0.29, 0.717) is 60.3 Å². The second kappa shape index (κ2) is 13.0. The smallest absolute Gasteiger partial charge is 0.338 e. The molecule has 4 rings (SSSR count). The van der Waals surface area contributed by atoms with E-state index in [-0.39, 0.29) is 18.5 Å². The van der Waals surface area contributed by atoms with Crippen LogP contribution in [0.2, 0.25) is 5.02 Å². The number of hydrogen-bond acceptors (Lipinski definition) is 6. The van der Waals surface area contributed by atoms with Gasteiger partial charge in [-0.15, -0.1) is 0 Å². The lowest BCUT2D eigenvalue weighted by atomic mass is 9.94. The maximum Gasteiger partial charge on any atom is 0.338 e. The Morgan fingerprint density at radius 1 is 1.00 bits per heavy atom. The molecule has 208 valence electrons. The number of urea groups is 1. The topological polar surface area (TPSA) is 91.4 Å². The van der Waals surface area contributed by atoms with Gasteiger partial charge >= 0.3 is 12.0 Å². The lowest BCUT2D eigenvalue weighted by Crippen LogP contribution is -2.51. The molecule has 0 spiro atoms. The van der Waals surface area contributed by atoms with Crippen LogP contribution in [0, 0.1) is 0 Å². The SMILES string of the molecule is CCOC(=O)C1=C(CN2CCCN(C(=O)c3ccc(OC)cc3)CC2)N(CC)C(=O)NC1c1ccc(Cl)cc1. The number of nitrogens with one attached hydrogen (secondary N) is 1. The van der Waals surface area contributed by atoms with E-state index in [9.17, 15) is 14.4 Å². The number of carbonyl (C=O) groups excluding carboxylic acids is 3. The van der Waals surface area contributed by atoms with E-state index in [1.807, 2.05) is 11.8 Å². The first kappa shape index (κ1) is 28.4. The Balaban J connectivity index is 1.59. The number of hydrogen-bond donors (Lipinski definition) is 1. The zero-order chi connectivity index (χ0) is 27.9. The van der Waals surface area contributed by atoms with Gasteiger partial charge in [0.2, 0.25) is 0 Å². The van der Waals surface area contributed by atoms with Gasteiger partial charge in [0.05, 0.1) is 25.3 Å². The Morgan fingerprint density at radius 2 is 1.72 bits per heavy atom. The summed E-state index contributed by atoms with van der Waals surface area (Å²) in [6, 6.07) is 13.3. The molecule has 0 aromatic heterocycles. The highest BCUT2D eigenvalue weighted by molar-refractivity contribution is 6.30. The summed E-state index contributed by atoms with van der Waals surface area (Å²) in [5, 5.41) is 3.54. The number of likely N-dealkylation sites (N-methyl/N-ethyl adjacent to an activating group) is 1. The lowest BCUT2D eigenvalue weighted by Gasteiger charge is -2.38. The number of nitrogens with zero attached hydrogens (tertiary/aromatic N) is 3. The van der Waals surface area contributed by atoms with Crippen molar-refractivity contribution in [3.63, 3.8) is 0 Å². The van der Waals surface area contributed by atoms with E-state index in [1.54, 1.807) is 67.5 Å². The van der Waals surface area contributed by atoms with Crippen LogP contribution in [0.1, 0.15) is 42.2 Å². The number of ether oxygens (including phenoxy) is 2. The molecule has 1 saturated heterocycles. The monoisotopic (exact) mass is 554 g/mol.